The van der Waals surface area contributed by atoms with Gasteiger partial charge in [-0.1, -0.05) is 34.6 Å². The number of furan rings is 1. The summed E-state index contributed by atoms with van der Waals surface area (Å²) in [6, 6.07) is 1.46. The fraction of sp³-hybridized carbons (Fsp3) is 0.500. The van der Waals surface area contributed by atoms with E-state index in [9.17, 15) is 21.9 Å². The highest BCUT2D eigenvalue weighted by Crippen LogP contribution is 2.43. The number of sulfonamides is 2. The number of thiophene rings is 1. The quantitative estimate of drug-likeness (QED) is 0.406. The van der Waals surface area contributed by atoms with E-state index in [1.807, 2.05) is 26.8 Å². The molecule has 0 saturated heterocycles. The molecule has 0 saturated carbocycles. The van der Waals surface area contributed by atoms with Crippen LogP contribution in [0.3, 0.4) is 0 Å². The number of rotatable bonds is 10. The van der Waals surface area contributed by atoms with Crippen molar-refractivity contribution in [2.45, 2.75) is 64.1 Å². The van der Waals surface area contributed by atoms with Crippen LogP contribution in [0, 0.1) is 6.92 Å². The van der Waals surface area contributed by atoms with Crippen LogP contribution in [0.25, 0.3) is 0 Å². The van der Waals surface area contributed by atoms with E-state index < -0.39 is 31.8 Å². The first-order chi connectivity index (χ1) is 16.3. The van der Waals surface area contributed by atoms with Crippen molar-refractivity contribution in [3.8, 4) is 5.75 Å². The second-order valence-electron chi connectivity index (χ2n) is 8.40. The number of hydrogen-bond donors (Lipinski definition) is 3. The molecule has 0 fully saturated rings. The summed E-state index contributed by atoms with van der Waals surface area (Å²) >= 11 is 0.918. The van der Waals surface area contributed by atoms with Gasteiger partial charge in [0.25, 0.3) is 20.0 Å². The standard InChI is InChI=1S/C22H32N4O6S3/c1-7-16(18-10-15(11-32-18)13(4)5)24-21-17(12-34(28,29)25-21)23-19-14(6)33-22(20(19)27)35(30,31)26(8-2)9-3/h10-13,16,23,27H,7-9H2,1-6H3,(H,24,25)/t16-/m1/s1. The van der Waals surface area contributed by atoms with Gasteiger partial charge in [0.05, 0.1) is 23.1 Å². The molecule has 0 aromatic carbocycles. The van der Waals surface area contributed by atoms with E-state index >= 15 is 0 Å². The summed E-state index contributed by atoms with van der Waals surface area (Å²) in [6.45, 7) is 11.6. The van der Waals surface area contributed by atoms with Crippen molar-refractivity contribution in [1.82, 2.24) is 9.03 Å². The third-order valence-corrected chi connectivity index (χ3v) is 10.3. The lowest BCUT2D eigenvalue weighted by atomic mass is 10.1. The van der Waals surface area contributed by atoms with Crippen molar-refractivity contribution >= 4 is 42.9 Å². The Bertz CT molecular complexity index is 1350. The number of amidine groups is 1. The minimum Gasteiger partial charge on any atom is -0.504 e. The van der Waals surface area contributed by atoms with Crippen LogP contribution in [-0.4, -0.2) is 45.2 Å². The summed E-state index contributed by atoms with van der Waals surface area (Å²) in [5.74, 6) is 0.475. The molecule has 1 aliphatic heterocycles. The summed E-state index contributed by atoms with van der Waals surface area (Å²) < 4.78 is 59.8. The van der Waals surface area contributed by atoms with Crippen molar-refractivity contribution in [2.24, 2.45) is 4.99 Å². The zero-order valence-corrected chi connectivity index (χ0v) is 23.1. The third kappa shape index (κ3) is 5.57. The molecule has 3 heterocycles. The van der Waals surface area contributed by atoms with Crippen molar-refractivity contribution in [1.29, 1.82) is 0 Å². The summed E-state index contributed by atoms with van der Waals surface area (Å²) in [6.07, 6.45) is 2.22. The Morgan fingerprint density at radius 1 is 1.26 bits per heavy atom. The lowest BCUT2D eigenvalue weighted by Gasteiger charge is -2.17. The van der Waals surface area contributed by atoms with Crippen LogP contribution < -0.4 is 10.0 Å². The van der Waals surface area contributed by atoms with Crippen LogP contribution in [0.2, 0.25) is 0 Å². The fourth-order valence-corrected chi connectivity index (χ4v) is 7.69. The zero-order chi connectivity index (χ0) is 26.1. The lowest BCUT2D eigenvalue weighted by molar-refractivity contribution is 0.434. The van der Waals surface area contributed by atoms with E-state index in [0.717, 1.165) is 22.3 Å². The minimum atomic E-state index is -3.90. The molecule has 2 aromatic heterocycles. The number of nitrogens with one attached hydrogen (secondary N) is 2. The molecule has 3 rings (SSSR count). The van der Waals surface area contributed by atoms with Crippen LogP contribution in [0.15, 0.2) is 37.1 Å². The van der Waals surface area contributed by atoms with Gasteiger partial charge in [-0.15, -0.1) is 11.3 Å². The molecule has 0 amide bonds. The number of aryl methyl sites for hydroxylation is 1. The predicted octanol–water partition coefficient (Wildman–Crippen LogP) is 4.25. The number of anilines is 1. The number of nitrogens with zero attached hydrogens (tertiary/aromatic N) is 2. The monoisotopic (exact) mass is 544 g/mol. The molecular weight excluding hydrogens is 512 g/mol. The molecule has 3 N–H and O–H groups in total. The van der Waals surface area contributed by atoms with E-state index in [2.05, 4.69) is 15.0 Å². The Labute approximate surface area is 210 Å². The maximum atomic E-state index is 13.0. The van der Waals surface area contributed by atoms with Crippen LogP contribution in [0.4, 0.5) is 5.69 Å². The van der Waals surface area contributed by atoms with Crippen LogP contribution in [0.5, 0.6) is 5.75 Å². The average molecular weight is 545 g/mol. The Morgan fingerprint density at radius 3 is 2.46 bits per heavy atom. The maximum absolute atomic E-state index is 13.0. The van der Waals surface area contributed by atoms with E-state index in [1.54, 1.807) is 27.0 Å². The van der Waals surface area contributed by atoms with Gasteiger partial charge < -0.3 is 14.8 Å². The molecule has 0 radical (unpaired) electrons. The molecule has 10 nitrogen and oxygen atoms in total. The highest BCUT2D eigenvalue weighted by Gasteiger charge is 2.33. The Hall–Kier alpha value is -2.35. The Morgan fingerprint density at radius 2 is 1.91 bits per heavy atom. The van der Waals surface area contributed by atoms with Gasteiger partial charge in [-0.2, -0.15) is 4.31 Å². The first-order valence-electron chi connectivity index (χ1n) is 11.3. The van der Waals surface area contributed by atoms with Crippen LogP contribution in [-0.2, 0) is 20.0 Å². The van der Waals surface area contributed by atoms with Gasteiger partial charge in [0.1, 0.15) is 11.8 Å². The highest BCUT2D eigenvalue weighted by molar-refractivity contribution is 7.93. The second-order valence-corrected chi connectivity index (χ2v) is 13.3. The minimum absolute atomic E-state index is 0.0532. The smallest absolute Gasteiger partial charge is 0.258 e. The predicted molar refractivity (Wildman–Crippen MR) is 138 cm³/mol. The van der Waals surface area contributed by atoms with E-state index in [-0.39, 0.29) is 40.4 Å². The molecule has 0 bridgehead atoms. The molecule has 0 unspecified atom stereocenters. The molecule has 1 atom stereocenters. The van der Waals surface area contributed by atoms with Crippen molar-refractivity contribution in [3.05, 3.63) is 39.6 Å². The zero-order valence-electron chi connectivity index (χ0n) is 20.6. The van der Waals surface area contributed by atoms with Crippen molar-refractivity contribution in [3.63, 3.8) is 0 Å². The SMILES string of the molecule is CC[C@@H](N=C1NS(=O)(=O)C=C1Nc1c(C)sc(S(=O)(=O)N(CC)CC)c1O)c1cc(C(C)C)co1. The normalized spacial score (nSPS) is 17.7. The Kier molecular flexibility index (Phi) is 8.04. The van der Waals surface area contributed by atoms with Crippen molar-refractivity contribution in [2.75, 3.05) is 18.4 Å². The second kappa shape index (κ2) is 10.3. The molecule has 0 spiro atoms. The van der Waals surface area contributed by atoms with Gasteiger partial charge in [0.15, 0.2) is 15.8 Å². The van der Waals surface area contributed by atoms with Crippen molar-refractivity contribution < 1.29 is 26.4 Å². The Balaban J connectivity index is 1.99. The summed E-state index contributed by atoms with van der Waals surface area (Å²) in [7, 11) is -7.72. The first-order valence-corrected chi connectivity index (χ1v) is 15.1. The molecule has 2 aromatic rings. The number of hydrogen-bond acceptors (Lipinski definition) is 9. The first kappa shape index (κ1) is 27.2. The van der Waals surface area contributed by atoms with Gasteiger partial charge in [0.2, 0.25) is 0 Å². The molecule has 13 heteroatoms. The van der Waals surface area contributed by atoms with Gasteiger partial charge in [-0.25, -0.2) is 16.8 Å². The third-order valence-electron chi connectivity index (χ3n) is 5.64. The molecule has 194 valence electrons. The maximum Gasteiger partial charge on any atom is 0.258 e. The summed E-state index contributed by atoms with van der Waals surface area (Å²) in [5, 5.41) is 14.7. The van der Waals surface area contributed by atoms with Gasteiger partial charge in [0, 0.05) is 18.0 Å². The topological polar surface area (TPSA) is 141 Å². The summed E-state index contributed by atoms with van der Waals surface area (Å²) in [4.78, 5) is 5.06. The average Bonchev–Trinajstić information content (AvgIpc) is 3.45. The number of aromatic hydroxyl groups is 1. The van der Waals surface area contributed by atoms with Crippen LogP contribution in [0.1, 0.15) is 69.2 Å². The molecule has 35 heavy (non-hydrogen) atoms. The number of aliphatic imine (C=N–C) groups is 1. The molecule has 1 aliphatic rings. The van der Waals surface area contributed by atoms with E-state index in [0.29, 0.717) is 17.1 Å². The fourth-order valence-electron chi connectivity index (χ4n) is 3.62. The molecular formula is C22H32N4O6S3. The molecule has 0 aliphatic carbocycles. The van der Waals surface area contributed by atoms with Gasteiger partial charge in [-0.3, -0.25) is 9.71 Å². The van der Waals surface area contributed by atoms with Crippen LogP contribution >= 0.6 is 11.3 Å². The van der Waals surface area contributed by atoms with Gasteiger partial charge in [-0.05, 0) is 30.9 Å². The summed E-state index contributed by atoms with van der Waals surface area (Å²) in [5.41, 5.74) is 1.23. The highest BCUT2D eigenvalue weighted by atomic mass is 32.2. The van der Waals surface area contributed by atoms with E-state index in [4.69, 9.17) is 4.42 Å². The lowest BCUT2D eigenvalue weighted by Crippen LogP contribution is -2.30. The largest absolute Gasteiger partial charge is 0.504 e. The van der Waals surface area contributed by atoms with Gasteiger partial charge >= 0.3 is 0 Å². The van der Waals surface area contributed by atoms with E-state index in [1.165, 1.54) is 4.31 Å².